The van der Waals surface area contributed by atoms with Crippen molar-refractivity contribution in [3.63, 3.8) is 0 Å². The van der Waals surface area contributed by atoms with Crippen LogP contribution in [0.5, 0.6) is 11.5 Å². The molecule has 1 saturated carbocycles. The van der Waals surface area contributed by atoms with Crippen LogP contribution in [0.25, 0.3) is 0 Å². The van der Waals surface area contributed by atoms with Crippen molar-refractivity contribution < 1.29 is 9.47 Å². The van der Waals surface area contributed by atoms with E-state index in [2.05, 4.69) is 22.6 Å². The number of nitrogens with one attached hydrogen (secondary N) is 2. The summed E-state index contributed by atoms with van der Waals surface area (Å²) in [5.74, 6) is 2.52. The Morgan fingerprint density at radius 1 is 1.04 bits per heavy atom. The predicted octanol–water partition coefficient (Wildman–Crippen LogP) is 2.08. The summed E-state index contributed by atoms with van der Waals surface area (Å²) in [5.41, 5.74) is 0.305. The number of hydrogen-bond acceptors (Lipinski definition) is 5. The average molecular weight is 333 g/mol. The molecule has 2 aliphatic heterocycles. The highest BCUT2D eigenvalue weighted by Crippen LogP contribution is 2.39. The number of methoxy groups -OCH3 is 2. The van der Waals surface area contributed by atoms with Crippen molar-refractivity contribution in [3.8, 4) is 11.5 Å². The summed E-state index contributed by atoms with van der Waals surface area (Å²) in [4.78, 5) is 2.56. The predicted molar refractivity (Wildman–Crippen MR) is 96.7 cm³/mol. The number of para-hydroxylation sites is 2. The van der Waals surface area contributed by atoms with Gasteiger partial charge in [-0.1, -0.05) is 12.1 Å². The highest BCUT2D eigenvalue weighted by molar-refractivity contribution is 5.39. The largest absolute Gasteiger partial charge is 0.493 e. The molecule has 5 nitrogen and oxygen atoms in total. The number of nitrogens with zero attached hydrogens (tertiary/aromatic N) is 1. The zero-order valence-electron chi connectivity index (χ0n) is 15.2. The first-order valence-corrected chi connectivity index (χ1v) is 9.05. The zero-order valence-corrected chi connectivity index (χ0v) is 15.2. The van der Waals surface area contributed by atoms with Crippen LogP contribution in [-0.2, 0) is 0 Å². The van der Waals surface area contributed by atoms with Crippen molar-refractivity contribution >= 4 is 0 Å². The molecule has 2 heterocycles. The van der Waals surface area contributed by atoms with Crippen LogP contribution in [0.2, 0.25) is 0 Å². The van der Waals surface area contributed by atoms with Crippen LogP contribution in [0.4, 0.5) is 0 Å². The second-order valence-corrected chi connectivity index (χ2v) is 7.13. The Morgan fingerprint density at radius 3 is 2.25 bits per heavy atom. The summed E-state index contributed by atoms with van der Waals surface area (Å²) >= 11 is 0. The summed E-state index contributed by atoms with van der Waals surface area (Å²) in [6, 6.07) is 8.36. The Morgan fingerprint density at radius 2 is 1.67 bits per heavy atom. The third kappa shape index (κ3) is 3.68. The lowest BCUT2D eigenvalue weighted by Crippen LogP contribution is -2.56. The van der Waals surface area contributed by atoms with Gasteiger partial charge in [0.2, 0.25) is 0 Å². The fraction of sp³-hybridized carbons (Fsp3) is 0.684. The number of hydrogen-bond donors (Lipinski definition) is 2. The van der Waals surface area contributed by atoms with E-state index in [0.717, 1.165) is 36.5 Å². The van der Waals surface area contributed by atoms with Crippen LogP contribution in [0.15, 0.2) is 24.3 Å². The molecule has 134 valence electrons. The van der Waals surface area contributed by atoms with Crippen LogP contribution in [0.1, 0.15) is 25.7 Å². The summed E-state index contributed by atoms with van der Waals surface area (Å²) < 4.78 is 10.0. The first kappa shape index (κ1) is 17.5. The average Bonchev–Trinajstić information content (AvgIpc) is 3.23. The van der Waals surface area contributed by atoms with E-state index in [1.807, 2.05) is 24.3 Å². The molecule has 1 aliphatic carbocycles. The summed E-state index contributed by atoms with van der Waals surface area (Å²) in [5, 5.41) is 7.33. The molecular formula is C19H31N3O2. The molecule has 2 N–H and O–H groups in total. The fourth-order valence-electron chi connectivity index (χ4n) is 4.41. The minimum absolute atomic E-state index is 0.305. The molecular weight excluding hydrogens is 302 g/mol. The molecule has 24 heavy (non-hydrogen) atoms. The van der Waals surface area contributed by atoms with E-state index >= 15 is 0 Å². The van der Waals surface area contributed by atoms with Gasteiger partial charge in [0.25, 0.3) is 0 Å². The van der Waals surface area contributed by atoms with Crippen LogP contribution < -0.4 is 20.1 Å². The fourth-order valence-corrected chi connectivity index (χ4v) is 4.41. The molecule has 0 radical (unpaired) electrons. The number of likely N-dealkylation sites (tertiary alicyclic amines) is 1. The van der Waals surface area contributed by atoms with E-state index in [-0.39, 0.29) is 0 Å². The lowest BCUT2D eigenvalue weighted by molar-refractivity contribution is 0.120. The van der Waals surface area contributed by atoms with Crippen LogP contribution in [0, 0.1) is 5.92 Å². The monoisotopic (exact) mass is 333 g/mol. The van der Waals surface area contributed by atoms with Gasteiger partial charge < -0.3 is 14.4 Å². The van der Waals surface area contributed by atoms with Crippen molar-refractivity contribution in [1.82, 2.24) is 15.5 Å². The molecule has 3 fully saturated rings. The van der Waals surface area contributed by atoms with E-state index < -0.39 is 0 Å². The van der Waals surface area contributed by atoms with Crippen molar-refractivity contribution in [2.75, 3.05) is 40.9 Å². The minimum Gasteiger partial charge on any atom is -0.493 e. The maximum absolute atomic E-state index is 5.01. The topological polar surface area (TPSA) is 45.8 Å². The molecule has 4 rings (SSSR count). The van der Waals surface area contributed by atoms with E-state index in [4.69, 9.17) is 9.47 Å². The van der Waals surface area contributed by atoms with Gasteiger partial charge in [0.15, 0.2) is 11.5 Å². The molecule has 3 aliphatic rings. The molecule has 0 amide bonds. The Hall–Kier alpha value is -1.30. The minimum atomic E-state index is 0.305. The molecule has 1 aromatic carbocycles. The van der Waals surface area contributed by atoms with Gasteiger partial charge in [0.1, 0.15) is 0 Å². The van der Waals surface area contributed by atoms with Crippen molar-refractivity contribution in [2.45, 2.75) is 37.4 Å². The molecule has 0 bridgehead atoms. The van der Waals surface area contributed by atoms with Crippen LogP contribution in [0.3, 0.4) is 0 Å². The highest BCUT2D eigenvalue weighted by Gasteiger charge is 2.45. The summed E-state index contributed by atoms with van der Waals surface area (Å²) in [6.07, 6.45) is 5.49. The van der Waals surface area contributed by atoms with Gasteiger partial charge in [-0.05, 0) is 57.3 Å². The lowest BCUT2D eigenvalue weighted by Gasteiger charge is -2.42. The van der Waals surface area contributed by atoms with Gasteiger partial charge in [0, 0.05) is 19.1 Å². The maximum Gasteiger partial charge on any atom is 0.160 e. The van der Waals surface area contributed by atoms with Gasteiger partial charge in [-0.25, -0.2) is 0 Å². The maximum atomic E-state index is 5.01. The number of ether oxygens (including phenoxy) is 2. The van der Waals surface area contributed by atoms with Gasteiger partial charge in [-0.3, -0.25) is 10.6 Å². The van der Waals surface area contributed by atoms with Gasteiger partial charge in [-0.15, -0.1) is 0 Å². The second kappa shape index (κ2) is 7.72. The van der Waals surface area contributed by atoms with E-state index in [9.17, 15) is 0 Å². The molecule has 1 aromatic rings. The summed E-state index contributed by atoms with van der Waals surface area (Å²) in [7, 11) is 5.54. The Balaban J connectivity index is 0.000000150. The smallest absolute Gasteiger partial charge is 0.160 e. The summed E-state index contributed by atoms with van der Waals surface area (Å²) in [6.45, 7) is 3.62. The third-order valence-electron chi connectivity index (χ3n) is 5.80. The van der Waals surface area contributed by atoms with Crippen molar-refractivity contribution in [2.24, 2.45) is 5.92 Å². The van der Waals surface area contributed by atoms with Gasteiger partial charge >= 0.3 is 0 Å². The Kier molecular flexibility index (Phi) is 5.64. The van der Waals surface area contributed by atoms with Gasteiger partial charge in [-0.2, -0.15) is 0 Å². The molecule has 2 unspecified atom stereocenters. The number of rotatable bonds is 2. The first-order valence-electron chi connectivity index (χ1n) is 9.05. The normalized spacial score (nSPS) is 28.1. The second-order valence-electron chi connectivity index (χ2n) is 7.13. The van der Waals surface area contributed by atoms with E-state index in [1.165, 1.54) is 32.2 Å². The number of benzene rings is 1. The first-order chi connectivity index (χ1) is 11.7. The van der Waals surface area contributed by atoms with Crippen LogP contribution >= 0.6 is 0 Å². The molecule has 1 spiro atoms. The molecule has 2 atom stereocenters. The standard InChI is InChI=1S/C11H21N3.C8H10O2/c1-14-7-3-9-2-4-11(8-10(9)14)12-5-6-13-11;1-9-7-5-3-4-6-8(7)10-2/h9-10,12-13H,2-8H2,1H3;3-6H,1-2H3. The van der Waals surface area contributed by atoms with Crippen molar-refractivity contribution in [1.29, 1.82) is 0 Å². The highest BCUT2D eigenvalue weighted by atomic mass is 16.5. The molecule has 0 aromatic heterocycles. The Bertz CT molecular complexity index is 508. The third-order valence-corrected chi connectivity index (χ3v) is 5.80. The zero-order chi connectivity index (χ0) is 17.0. The van der Waals surface area contributed by atoms with Crippen LogP contribution in [-0.4, -0.2) is 57.5 Å². The molecule has 5 heteroatoms. The van der Waals surface area contributed by atoms with Gasteiger partial charge in [0.05, 0.1) is 19.9 Å². The lowest BCUT2D eigenvalue weighted by atomic mass is 9.79. The van der Waals surface area contributed by atoms with Crippen molar-refractivity contribution in [3.05, 3.63) is 24.3 Å². The van der Waals surface area contributed by atoms with E-state index in [0.29, 0.717) is 5.66 Å². The quantitative estimate of drug-likeness (QED) is 0.868. The SMILES string of the molecule is CN1CCC2CCC3(CC21)NCCN3.COc1ccccc1OC. The number of fused-ring (bicyclic) bond motifs is 1. The Labute approximate surface area is 145 Å². The molecule has 2 saturated heterocycles. The van der Waals surface area contributed by atoms with E-state index in [1.54, 1.807) is 14.2 Å².